The first-order chi connectivity index (χ1) is 12.3. The molecule has 0 spiro atoms. The molecule has 2 N–H and O–H groups in total. The summed E-state index contributed by atoms with van der Waals surface area (Å²) in [5.41, 5.74) is 7.18. The molecular formula is C24H36N2. The van der Waals surface area contributed by atoms with E-state index >= 15 is 0 Å². The molecule has 0 aliphatic carbocycles. The molecule has 0 amide bonds. The summed E-state index contributed by atoms with van der Waals surface area (Å²) >= 11 is 0. The van der Waals surface area contributed by atoms with Crippen LogP contribution in [0.25, 0.3) is 5.57 Å². The van der Waals surface area contributed by atoms with Crippen molar-refractivity contribution < 1.29 is 0 Å². The minimum atomic E-state index is 0.644. The Morgan fingerprint density at radius 1 is 1.08 bits per heavy atom. The van der Waals surface area contributed by atoms with Gasteiger partial charge in [-0.05, 0) is 61.8 Å². The molecule has 142 valence electrons. The third-order valence-electron chi connectivity index (χ3n) is 4.34. The normalized spacial score (nSPS) is 12.7. The molecule has 2 heteroatoms. The number of allylic oxidation sites excluding steroid dienone is 4. The lowest BCUT2D eigenvalue weighted by atomic mass is 9.94. The molecule has 0 atom stereocenters. The lowest BCUT2D eigenvalue weighted by molar-refractivity contribution is 0.642. The molecule has 0 aliphatic rings. The molecule has 1 aromatic rings. The van der Waals surface area contributed by atoms with Crippen LogP contribution in [0.15, 0.2) is 66.2 Å². The highest BCUT2D eigenvalue weighted by atomic mass is 15.1. The third-order valence-corrected chi connectivity index (χ3v) is 4.34. The lowest BCUT2D eigenvalue weighted by Gasteiger charge is -2.17. The second-order valence-electron chi connectivity index (χ2n) is 7.29. The molecule has 0 aliphatic heterocycles. The van der Waals surface area contributed by atoms with E-state index in [9.17, 15) is 0 Å². The monoisotopic (exact) mass is 352 g/mol. The fraction of sp³-hybridized carbons (Fsp3) is 0.417. The summed E-state index contributed by atoms with van der Waals surface area (Å²) in [4.78, 5) is 0. The van der Waals surface area contributed by atoms with Crippen LogP contribution >= 0.6 is 0 Å². The number of nitrogens with one attached hydrogen (secondary N) is 2. The molecule has 0 saturated carbocycles. The van der Waals surface area contributed by atoms with Gasteiger partial charge in [-0.1, -0.05) is 69.8 Å². The Bertz CT molecular complexity index is 673. The molecule has 0 fully saturated rings. The summed E-state index contributed by atoms with van der Waals surface area (Å²) in [6.45, 7) is 22.1. The molecule has 1 aromatic carbocycles. The molecule has 0 radical (unpaired) electrons. The van der Waals surface area contributed by atoms with Gasteiger partial charge in [-0.2, -0.15) is 0 Å². The summed E-state index contributed by atoms with van der Waals surface area (Å²) in [6, 6.07) is 8.84. The van der Waals surface area contributed by atoms with Crippen molar-refractivity contribution in [1.82, 2.24) is 10.6 Å². The van der Waals surface area contributed by atoms with Crippen molar-refractivity contribution in [3.63, 3.8) is 0 Å². The maximum atomic E-state index is 4.23. The van der Waals surface area contributed by atoms with Crippen molar-refractivity contribution in [2.75, 3.05) is 6.54 Å². The maximum Gasteiger partial charge on any atom is 0.0956 e. The van der Waals surface area contributed by atoms with E-state index in [1.54, 1.807) is 0 Å². The van der Waals surface area contributed by atoms with Gasteiger partial charge >= 0.3 is 0 Å². The zero-order valence-corrected chi connectivity index (χ0v) is 17.5. The number of hydrogen-bond acceptors (Lipinski definition) is 2. The molecule has 1 rings (SSSR count). The first-order valence-corrected chi connectivity index (χ1v) is 9.64. The van der Waals surface area contributed by atoms with Crippen molar-refractivity contribution >= 4 is 5.57 Å². The first-order valence-electron chi connectivity index (χ1n) is 9.64. The zero-order valence-electron chi connectivity index (χ0n) is 17.5. The Hall–Kier alpha value is -2.22. The van der Waals surface area contributed by atoms with E-state index in [-0.39, 0.29) is 0 Å². The van der Waals surface area contributed by atoms with Crippen LogP contribution < -0.4 is 10.6 Å². The van der Waals surface area contributed by atoms with Gasteiger partial charge in [0.2, 0.25) is 0 Å². The van der Waals surface area contributed by atoms with E-state index in [2.05, 4.69) is 95.7 Å². The van der Waals surface area contributed by atoms with E-state index in [1.807, 2.05) is 0 Å². The van der Waals surface area contributed by atoms with Gasteiger partial charge in [0.1, 0.15) is 0 Å². The summed E-state index contributed by atoms with van der Waals surface area (Å²) in [5.74, 6) is 1.42. The number of aryl methyl sites for hydroxylation is 1. The van der Waals surface area contributed by atoms with Gasteiger partial charge in [0.15, 0.2) is 0 Å². The minimum Gasteiger partial charge on any atom is -0.372 e. The summed E-state index contributed by atoms with van der Waals surface area (Å²) < 4.78 is 0. The van der Waals surface area contributed by atoms with Crippen molar-refractivity contribution in [3.05, 3.63) is 77.3 Å². The Labute approximate surface area is 160 Å². The zero-order chi connectivity index (χ0) is 19.7. The van der Waals surface area contributed by atoms with Crippen molar-refractivity contribution in [2.45, 2.75) is 54.4 Å². The fourth-order valence-corrected chi connectivity index (χ4v) is 2.97. The van der Waals surface area contributed by atoms with E-state index in [0.717, 1.165) is 36.5 Å². The molecule has 2 nitrogen and oxygen atoms in total. The molecule has 0 unspecified atom stereocenters. The van der Waals surface area contributed by atoms with Crippen molar-refractivity contribution in [1.29, 1.82) is 0 Å². The predicted octanol–water partition coefficient (Wildman–Crippen LogP) is 6.20. The van der Waals surface area contributed by atoms with Crippen LogP contribution in [-0.2, 0) is 6.42 Å². The standard InChI is InChI=1S/C24H36N2/c1-9-22-11-13-23(14-12-22)24(16-18(5)15-17(3)4)19(6)20(7)26-21(8)25-10-2/h11-14,16-17,25-26H,7-10,15H2,1-6H3/b18-16+,24-19-. The average Bonchev–Trinajstić information content (AvgIpc) is 2.58. The average molecular weight is 353 g/mol. The molecule has 26 heavy (non-hydrogen) atoms. The molecule has 0 heterocycles. The molecule has 0 bridgehead atoms. The number of rotatable bonds is 10. The van der Waals surface area contributed by atoms with Gasteiger partial charge in [-0.15, -0.1) is 0 Å². The van der Waals surface area contributed by atoms with E-state index in [1.165, 1.54) is 22.3 Å². The second kappa shape index (κ2) is 10.7. The Kier molecular flexibility index (Phi) is 8.98. The molecule has 0 aromatic heterocycles. The summed E-state index contributed by atoms with van der Waals surface area (Å²) in [6.07, 6.45) is 4.45. The van der Waals surface area contributed by atoms with Gasteiger partial charge in [-0.25, -0.2) is 0 Å². The molecule has 0 saturated heterocycles. The van der Waals surface area contributed by atoms with Gasteiger partial charge in [0, 0.05) is 12.2 Å². The van der Waals surface area contributed by atoms with Crippen LogP contribution in [0.5, 0.6) is 0 Å². The lowest BCUT2D eigenvalue weighted by Crippen LogP contribution is -2.24. The maximum absolute atomic E-state index is 4.23. The fourth-order valence-electron chi connectivity index (χ4n) is 2.97. The number of benzene rings is 1. The largest absolute Gasteiger partial charge is 0.372 e. The van der Waals surface area contributed by atoms with Crippen molar-refractivity contribution in [2.24, 2.45) is 5.92 Å². The Morgan fingerprint density at radius 3 is 2.19 bits per heavy atom. The van der Waals surface area contributed by atoms with Crippen LogP contribution in [0.3, 0.4) is 0 Å². The SMILES string of the molecule is C=C(NCC)NC(=C)/C(C)=C(/C=C(\C)CC(C)C)c1ccc(CC)cc1. The van der Waals surface area contributed by atoms with Gasteiger partial charge < -0.3 is 10.6 Å². The second-order valence-corrected chi connectivity index (χ2v) is 7.29. The summed E-state index contributed by atoms with van der Waals surface area (Å²) in [7, 11) is 0. The van der Waals surface area contributed by atoms with Crippen molar-refractivity contribution in [3.8, 4) is 0 Å². The Morgan fingerprint density at radius 2 is 1.69 bits per heavy atom. The molecular weight excluding hydrogens is 316 g/mol. The van der Waals surface area contributed by atoms with Crippen LogP contribution in [0, 0.1) is 5.92 Å². The van der Waals surface area contributed by atoms with Gasteiger partial charge in [-0.3, -0.25) is 0 Å². The van der Waals surface area contributed by atoms with Gasteiger partial charge in [0.05, 0.1) is 5.82 Å². The highest BCUT2D eigenvalue weighted by Crippen LogP contribution is 2.27. The van der Waals surface area contributed by atoms with Gasteiger partial charge in [0.25, 0.3) is 0 Å². The minimum absolute atomic E-state index is 0.644. The number of hydrogen-bond donors (Lipinski definition) is 2. The van der Waals surface area contributed by atoms with Crippen LogP contribution in [0.4, 0.5) is 0 Å². The smallest absolute Gasteiger partial charge is 0.0956 e. The predicted molar refractivity (Wildman–Crippen MR) is 117 cm³/mol. The topological polar surface area (TPSA) is 24.1 Å². The highest BCUT2D eigenvalue weighted by Gasteiger charge is 2.09. The van der Waals surface area contributed by atoms with Crippen LogP contribution in [0.2, 0.25) is 0 Å². The van der Waals surface area contributed by atoms with Crippen LogP contribution in [0.1, 0.15) is 59.1 Å². The van der Waals surface area contributed by atoms with E-state index < -0.39 is 0 Å². The van der Waals surface area contributed by atoms with Crippen LogP contribution in [-0.4, -0.2) is 6.54 Å². The summed E-state index contributed by atoms with van der Waals surface area (Å²) in [5, 5.41) is 6.47. The van der Waals surface area contributed by atoms with E-state index in [0.29, 0.717) is 5.92 Å². The highest BCUT2D eigenvalue weighted by molar-refractivity contribution is 5.79. The van der Waals surface area contributed by atoms with E-state index in [4.69, 9.17) is 0 Å². The third kappa shape index (κ3) is 6.95. The quantitative estimate of drug-likeness (QED) is 0.490. The Balaban J connectivity index is 3.28. The first kappa shape index (κ1) is 21.8.